The number of carboxylic acids is 1. The summed E-state index contributed by atoms with van der Waals surface area (Å²) in [7, 11) is 0. The number of benzene rings is 1. The van der Waals surface area contributed by atoms with Gasteiger partial charge in [-0.3, -0.25) is 19.3 Å². The Hall–Kier alpha value is -2.21. The van der Waals surface area contributed by atoms with E-state index in [1.807, 2.05) is 6.07 Å². The second kappa shape index (κ2) is 5.29. The molecule has 1 aromatic rings. The SMILES string of the molecule is O=C(O)C1CCCN1C1CC(=O)N(c2ccccc2)C1=O. The zero-order valence-electron chi connectivity index (χ0n) is 11.4. The van der Waals surface area contributed by atoms with Crippen LogP contribution >= 0.6 is 0 Å². The van der Waals surface area contributed by atoms with E-state index in [9.17, 15) is 19.5 Å². The highest BCUT2D eigenvalue weighted by atomic mass is 16.4. The number of nitrogens with zero attached hydrogens (tertiary/aromatic N) is 2. The van der Waals surface area contributed by atoms with Crippen molar-refractivity contribution >= 4 is 23.5 Å². The molecule has 2 amide bonds. The number of rotatable bonds is 3. The maximum atomic E-state index is 12.5. The molecule has 0 aromatic heterocycles. The molecule has 0 spiro atoms. The molecular weight excluding hydrogens is 272 g/mol. The van der Waals surface area contributed by atoms with Crippen LogP contribution in [0.2, 0.25) is 0 Å². The normalized spacial score (nSPS) is 26.6. The first-order valence-electron chi connectivity index (χ1n) is 7.00. The van der Waals surface area contributed by atoms with Crippen molar-refractivity contribution < 1.29 is 19.5 Å². The average Bonchev–Trinajstić information content (AvgIpc) is 3.04. The predicted molar refractivity (Wildman–Crippen MR) is 74.7 cm³/mol. The van der Waals surface area contributed by atoms with Crippen LogP contribution in [0.5, 0.6) is 0 Å². The first-order valence-corrected chi connectivity index (χ1v) is 7.00. The summed E-state index contributed by atoms with van der Waals surface area (Å²) in [6.45, 7) is 0.545. The molecule has 6 nitrogen and oxygen atoms in total. The lowest BCUT2D eigenvalue weighted by atomic mass is 10.1. The second-order valence-corrected chi connectivity index (χ2v) is 5.36. The van der Waals surface area contributed by atoms with Gasteiger partial charge in [0, 0.05) is 0 Å². The average molecular weight is 288 g/mol. The number of imide groups is 1. The fourth-order valence-electron chi connectivity index (χ4n) is 3.15. The number of hydrogen-bond acceptors (Lipinski definition) is 4. The molecule has 2 unspecified atom stereocenters. The molecule has 21 heavy (non-hydrogen) atoms. The van der Waals surface area contributed by atoms with Crippen molar-refractivity contribution in [2.45, 2.75) is 31.3 Å². The zero-order chi connectivity index (χ0) is 15.0. The lowest BCUT2D eigenvalue weighted by molar-refractivity contribution is -0.143. The smallest absolute Gasteiger partial charge is 0.320 e. The molecule has 2 aliphatic heterocycles. The second-order valence-electron chi connectivity index (χ2n) is 5.36. The summed E-state index contributed by atoms with van der Waals surface area (Å²) in [5.41, 5.74) is 0.543. The summed E-state index contributed by atoms with van der Waals surface area (Å²) in [6.07, 6.45) is 1.32. The third-order valence-electron chi connectivity index (χ3n) is 4.12. The Morgan fingerprint density at radius 3 is 2.57 bits per heavy atom. The van der Waals surface area contributed by atoms with Gasteiger partial charge in [-0.05, 0) is 31.5 Å². The maximum absolute atomic E-state index is 12.5. The van der Waals surface area contributed by atoms with E-state index in [0.717, 1.165) is 6.42 Å². The molecule has 1 aromatic carbocycles. The molecule has 6 heteroatoms. The largest absolute Gasteiger partial charge is 0.480 e. The number of likely N-dealkylation sites (tertiary alicyclic amines) is 1. The summed E-state index contributed by atoms with van der Waals surface area (Å²) < 4.78 is 0. The highest BCUT2D eigenvalue weighted by Crippen LogP contribution is 2.30. The Morgan fingerprint density at radius 2 is 1.90 bits per heavy atom. The van der Waals surface area contributed by atoms with Crippen molar-refractivity contribution in [1.82, 2.24) is 4.90 Å². The molecule has 2 heterocycles. The Labute approximate surface area is 122 Å². The topological polar surface area (TPSA) is 77.9 Å². The highest BCUT2D eigenvalue weighted by molar-refractivity contribution is 6.22. The van der Waals surface area contributed by atoms with Gasteiger partial charge < -0.3 is 5.11 Å². The minimum atomic E-state index is -0.925. The fourth-order valence-corrected chi connectivity index (χ4v) is 3.15. The van der Waals surface area contributed by atoms with Gasteiger partial charge in [0.15, 0.2) is 0 Å². The Kier molecular flexibility index (Phi) is 3.47. The van der Waals surface area contributed by atoms with Gasteiger partial charge in [-0.25, -0.2) is 4.90 Å². The van der Waals surface area contributed by atoms with E-state index >= 15 is 0 Å². The van der Waals surface area contributed by atoms with E-state index in [1.165, 1.54) is 4.90 Å². The molecule has 0 bridgehead atoms. The molecule has 2 atom stereocenters. The van der Waals surface area contributed by atoms with Gasteiger partial charge in [-0.2, -0.15) is 0 Å². The number of carbonyl (C=O) groups excluding carboxylic acids is 2. The van der Waals surface area contributed by atoms with Crippen LogP contribution in [0.3, 0.4) is 0 Å². The van der Waals surface area contributed by atoms with Crippen LogP contribution < -0.4 is 4.90 Å². The van der Waals surface area contributed by atoms with Gasteiger partial charge >= 0.3 is 5.97 Å². The van der Waals surface area contributed by atoms with Crippen LogP contribution in [0.25, 0.3) is 0 Å². The molecule has 1 N–H and O–H groups in total. The van der Waals surface area contributed by atoms with E-state index in [2.05, 4.69) is 0 Å². The van der Waals surface area contributed by atoms with Crippen LogP contribution in [0.1, 0.15) is 19.3 Å². The highest BCUT2D eigenvalue weighted by Gasteiger charge is 2.47. The summed E-state index contributed by atoms with van der Waals surface area (Å²) in [4.78, 5) is 38.8. The van der Waals surface area contributed by atoms with Gasteiger partial charge in [-0.15, -0.1) is 0 Å². The fraction of sp³-hybridized carbons (Fsp3) is 0.400. The number of carboxylic acid groups (broad SMARTS) is 1. The quantitative estimate of drug-likeness (QED) is 0.835. The molecule has 2 aliphatic rings. The summed E-state index contributed by atoms with van der Waals surface area (Å²) >= 11 is 0. The van der Waals surface area contributed by atoms with E-state index in [1.54, 1.807) is 29.2 Å². The van der Waals surface area contributed by atoms with E-state index < -0.39 is 18.1 Å². The third kappa shape index (κ3) is 2.31. The summed E-state index contributed by atoms with van der Waals surface area (Å²) in [6, 6.07) is 7.43. The standard InChI is InChI=1S/C15H16N2O4/c18-13-9-12(16-8-4-7-11(16)15(20)21)14(19)17(13)10-5-2-1-3-6-10/h1-3,5-6,11-12H,4,7-9H2,(H,20,21). The van der Waals surface area contributed by atoms with Crippen LogP contribution in [-0.2, 0) is 14.4 Å². The number of hydrogen-bond donors (Lipinski definition) is 1. The summed E-state index contributed by atoms with van der Waals surface area (Å²) in [5.74, 6) is -1.52. The van der Waals surface area contributed by atoms with Gasteiger partial charge in [0.25, 0.3) is 5.91 Å². The summed E-state index contributed by atoms with van der Waals surface area (Å²) in [5, 5.41) is 9.23. The van der Waals surface area contributed by atoms with Gasteiger partial charge in [-0.1, -0.05) is 18.2 Å². The van der Waals surface area contributed by atoms with Crippen molar-refractivity contribution in [2.24, 2.45) is 0 Å². The number of aliphatic carboxylic acids is 1. The van der Waals surface area contributed by atoms with Crippen molar-refractivity contribution in [3.63, 3.8) is 0 Å². The van der Waals surface area contributed by atoms with E-state index in [-0.39, 0.29) is 18.2 Å². The van der Waals surface area contributed by atoms with Crippen molar-refractivity contribution in [1.29, 1.82) is 0 Å². The minimum Gasteiger partial charge on any atom is -0.480 e. The van der Waals surface area contributed by atoms with Crippen molar-refractivity contribution in [2.75, 3.05) is 11.4 Å². The van der Waals surface area contributed by atoms with Crippen LogP contribution in [0, 0.1) is 0 Å². The van der Waals surface area contributed by atoms with Crippen LogP contribution in [0.4, 0.5) is 5.69 Å². The maximum Gasteiger partial charge on any atom is 0.320 e. The number of anilines is 1. The lowest BCUT2D eigenvalue weighted by Gasteiger charge is -2.26. The molecule has 110 valence electrons. The Bertz CT molecular complexity index is 587. The van der Waals surface area contributed by atoms with Crippen molar-refractivity contribution in [3.8, 4) is 0 Å². The minimum absolute atomic E-state index is 0.0531. The molecule has 0 radical (unpaired) electrons. The van der Waals surface area contributed by atoms with Gasteiger partial charge in [0.2, 0.25) is 5.91 Å². The molecule has 0 aliphatic carbocycles. The zero-order valence-corrected chi connectivity index (χ0v) is 11.4. The first-order chi connectivity index (χ1) is 10.1. The Morgan fingerprint density at radius 1 is 1.19 bits per heavy atom. The predicted octanol–water partition coefficient (Wildman–Crippen LogP) is 0.867. The lowest BCUT2D eigenvalue weighted by Crippen LogP contribution is -2.47. The number of carbonyl (C=O) groups is 3. The van der Waals surface area contributed by atoms with E-state index in [4.69, 9.17) is 0 Å². The first kappa shape index (κ1) is 13.8. The van der Waals surface area contributed by atoms with Crippen LogP contribution in [0.15, 0.2) is 30.3 Å². The Balaban J connectivity index is 1.85. The number of para-hydroxylation sites is 1. The van der Waals surface area contributed by atoms with Crippen molar-refractivity contribution in [3.05, 3.63) is 30.3 Å². The van der Waals surface area contributed by atoms with Gasteiger partial charge in [0.05, 0.1) is 18.2 Å². The molecular formula is C15H16N2O4. The monoisotopic (exact) mass is 288 g/mol. The van der Waals surface area contributed by atoms with Crippen LogP contribution in [-0.4, -0.2) is 46.4 Å². The van der Waals surface area contributed by atoms with Gasteiger partial charge in [0.1, 0.15) is 6.04 Å². The number of amides is 2. The van der Waals surface area contributed by atoms with E-state index in [0.29, 0.717) is 18.7 Å². The molecule has 3 rings (SSSR count). The molecule has 2 saturated heterocycles. The molecule has 0 saturated carbocycles. The molecule has 2 fully saturated rings. The third-order valence-corrected chi connectivity index (χ3v) is 4.12.